The molecule has 0 bridgehead atoms. The van der Waals surface area contributed by atoms with Crippen molar-refractivity contribution in [1.82, 2.24) is 10.2 Å². The van der Waals surface area contributed by atoms with Gasteiger partial charge in [-0.3, -0.25) is 4.79 Å². The summed E-state index contributed by atoms with van der Waals surface area (Å²) in [5, 5.41) is 10.3. The first-order chi connectivity index (χ1) is 12.1. The highest BCUT2D eigenvalue weighted by atomic mass is 19.1. The Balaban J connectivity index is 1.71. The van der Waals surface area contributed by atoms with Crippen LogP contribution in [0.5, 0.6) is 11.6 Å². The Labute approximate surface area is 144 Å². The van der Waals surface area contributed by atoms with Crippen molar-refractivity contribution < 1.29 is 13.9 Å². The summed E-state index contributed by atoms with van der Waals surface area (Å²) in [6.07, 6.45) is 1.55. The van der Waals surface area contributed by atoms with Crippen molar-refractivity contribution >= 4 is 11.6 Å². The standard InChI is InChI=1S/C19H16FN3O2/c1-13(16-8-2-3-9-17(16)20)19(24)22-14-6-4-7-15(12-14)25-18-10-5-11-21-23-18/h2-13H,1H3,(H,22,24)/t13-/m0/s1. The topological polar surface area (TPSA) is 64.1 Å². The number of rotatable bonds is 5. The lowest BCUT2D eigenvalue weighted by Gasteiger charge is -2.14. The van der Waals surface area contributed by atoms with E-state index in [1.54, 1.807) is 67.7 Å². The van der Waals surface area contributed by atoms with E-state index in [0.29, 0.717) is 22.9 Å². The Morgan fingerprint density at radius 1 is 1.12 bits per heavy atom. The normalized spacial score (nSPS) is 11.6. The second-order valence-electron chi connectivity index (χ2n) is 5.42. The van der Waals surface area contributed by atoms with Crippen LogP contribution in [0.25, 0.3) is 0 Å². The zero-order valence-electron chi connectivity index (χ0n) is 13.5. The van der Waals surface area contributed by atoms with Gasteiger partial charge in [0, 0.05) is 24.0 Å². The summed E-state index contributed by atoms with van der Waals surface area (Å²) in [6.45, 7) is 1.66. The van der Waals surface area contributed by atoms with Crippen LogP contribution in [0.1, 0.15) is 18.4 Å². The highest BCUT2D eigenvalue weighted by Crippen LogP contribution is 2.24. The first-order valence-corrected chi connectivity index (χ1v) is 7.74. The minimum atomic E-state index is -0.620. The average molecular weight is 337 g/mol. The number of anilines is 1. The van der Waals surface area contributed by atoms with Gasteiger partial charge in [0.05, 0.1) is 5.92 Å². The molecule has 0 radical (unpaired) electrons. The molecule has 3 aromatic rings. The van der Waals surface area contributed by atoms with Crippen molar-refractivity contribution in [2.45, 2.75) is 12.8 Å². The van der Waals surface area contributed by atoms with Crippen molar-refractivity contribution in [2.24, 2.45) is 0 Å². The molecular formula is C19H16FN3O2. The molecule has 2 aromatic carbocycles. The summed E-state index contributed by atoms with van der Waals surface area (Å²) in [6, 6.07) is 16.5. The molecule has 1 atom stereocenters. The summed E-state index contributed by atoms with van der Waals surface area (Å²) >= 11 is 0. The Morgan fingerprint density at radius 3 is 2.72 bits per heavy atom. The molecule has 1 amide bonds. The molecule has 1 aromatic heterocycles. The molecule has 0 unspecified atom stereocenters. The fraction of sp³-hybridized carbons (Fsp3) is 0.105. The van der Waals surface area contributed by atoms with E-state index in [4.69, 9.17) is 4.74 Å². The van der Waals surface area contributed by atoms with Crippen LogP contribution in [0.15, 0.2) is 66.9 Å². The van der Waals surface area contributed by atoms with Crippen LogP contribution < -0.4 is 10.1 Å². The van der Waals surface area contributed by atoms with Crippen molar-refractivity contribution in [1.29, 1.82) is 0 Å². The highest BCUT2D eigenvalue weighted by molar-refractivity contribution is 5.95. The van der Waals surface area contributed by atoms with Crippen LogP contribution in [0.3, 0.4) is 0 Å². The van der Waals surface area contributed by atoms with Gasteiger partial charge < -0.3 is 10.1 Å². The maximum Gasteiger partial charge on any atom is 0.238 e. The number of hydrogen-bond donors (Lipinski definition) is 1. The number of amides is 1. The molecule has 0 saturated carbocycles. The number of nitrogens with zero attached hydrogens (tertiary/aromatic N) is 2. The molecule has 0 aliphatic carbocycles. The Kier molecular flexibility index (Phi) is 4.99. The number of carbonyl (C=O) groups excluding carboxylic acids is 1. The molecule has 0 saturated heterocycles. The van der Waals surface area contributed by atoms with E-state index in [1.165, 1.54) is 6.07 Å². The monoisotopic (exact) mass is 337 g/mol. The number of benzene rings is 2. The minimum Gasteiger partial charge on any atom is -0.437 e. The fourth-order valence-corrected chi connectivity index (χ4v) is 2.32. The molecule has 0 aliphatic heterocycles. The van der Waals surface area contributed by atoms with Crippen LogP contribution in [-0.2, 0) is 4.79 Å². The zero-order valence-corrected chi connectivity index (χ0v) is 13.5. The van der Waals surface area contributed by atoms with Gasteiger partial charge in [-0.15, -0.1) is 5.10 Å². The summed E-state index contributed by atoms with van der Waals surface area (Å²) in [5.74, 6) is -0.458. The molecule has 3 rings (SSSR count). The molecule has 1 heterocycles. The van der Waals surface area contributed by atoms with E-state index in [2.05, 4.69) is 15.5 Å². The molecule has 1 N–H and O–H groups in total. The van der Waals surface area contributed by atoms with Crippen LogP contribution in [0.4, 0.5) is 10.1 Å². The lowest BCUT2D eigenvalue weighted by Crippen LogP contribution is -2.19. The minimum absolute atomic E-state index is 0.304. The molecular weight excluding hydrogens is 321 g/mol. The van der Waals surface area contributed by atoms with E-state index in [1.807, 2.05) is 0 Å². The zero-order chi connectivity index (χ0) is 17.6. The third-order valence-corrected chi connectivity index (χ3v) is 3.64. The molecule has 126 valence electrons. The highest BCUT2D eigenvalue weighted by Gasteiger charge is 2.18. The van der Waals surface area contributed by atoms with Gasteiger partial charge >= 0.3 is 0 Å². The Hall–Kier alpha value is -3.28. The van der Waals surface area contributed by atoms with Gasteiger partial charge in [0.25, 0.3) is 0 Å². The van der Waals surface area contributed by atoms with E-state index < -0.39 is 11.7 Å². The second-order valence-corrected chi connectivity index (χ2v) is 5.42. The smallest absolute Gasteiger partial charge is 0.238 e. The van der Waals surface area contributed by atoms with Gasteiger partial charge in [-0.25, -0.2) is 4.39 Å². The van der Waals surface area contributed by atoms with Gasteiger partial charge in [0.15, 0.2) is 0 Å². The Bertz CT molecular complexity index is 871. The number of nitrogens with one attached hydrogen (secondary N) is 1. The van der Waals surface area contributed by atoms with Crippen LogP contribution in [0.2, 0.25) is 0 Å². The van der Waals surface area contributed by atoms with Gasteiger partial charge in [-0.2, -0.15) is 5.10 Å². The third kappa shape index (κ3) is 4.17. The van der Waals surface area contributed by atoms with Crippen LogP contribution in [-0.4, -0.2) is 16.1 Å². The number of ether oxygens (including phenoxy) is 1. The van der Waals surface area contributed by atoms with Crippen LogP contribution >= 0.6 is 0 Å². The third-order valence-electron chi connectivity index (χ3n) is 3.64. The first-order valence-electron chi connectivity index (χ1n) is 7.74. The average Bonchev–Trinajstić information content (AvgIpc) is 2.63. The largest absolute Gasteiger partial charge is 0.437 e. The second kappa shape index (κ2) is 7.53. The van der Waals surface area contributed by atoms with Crippen molar-refractivity contribution in [3.63, 3.8) is 0 Å². The lowest BCUT2D eigenvalue weighted by atomic mass is 10.00. The quantitative estimate of drug-likeness (QED) is 0.759. The first kappa shape index (κ1) is 16.6. The number of hydrogen-bond acceptors (Lipinski definition) is 4. The van der Waals surface area contributed by atoms with E-state index in [-0.39, 0.29) is 5.91 Å². The summed E-state index contributed by atoms with van der Waals surface area (Å²) in [7, 11) is 0. The summed E-state index contributed by atoms with van der Waals surface area (Å²) in [4.78, 5) is 12.4. The van der Waals surface area contributed by atoms with Gasteiger partial charge in [-0.05, 0) is 36.8 Å². The van der Waals surface area contributed by atoms with E-state index in [0.717, 1.165) is 0 Å². The summed E-state index contributed by atoms with van der Waals surface area (Å²) in [5.41, 5.74) is 0.904. The predicted octanol–water partition coefficient (Wildman–Crippen LogP) is 4.15. The van der Waals surface area contributed by atoms with Crippen molar-refractivity contribution in [2.75, 3.05) is 5.32 Å². The van der Waals surface area contributed by atoms with E-state index >= 15 is 0 Å². The SMILES string of the molecule is C[C@H](C(=O)Nc1cccc(Oc2cccnn2)c1)c1ccccc1F. The molecule has 0 spiro atoms. The van der Waals surface area contributed by atoms with E-state index in [9.17, 15) is 9.18 Å². The predicted molar refractivity (Wildman–Crippen MR) is 92.0 cm³/mol. The molecule has 6 heteroatoms. The number of halogens is 1. The molecule has 0 fully saturated rings. The van der Waals surface area contributed by atoms with Crippen molar-refractivity contribution in [3.05, 3.63) is 78.2 Å². The Morgan fingerprint density at radius 2 is 1.96 bits per heavy atom. The number of aromatic nitrogens is 2. The maximum atomic E-state index is 13.8. The van der Waals surface area contributed by atoms with Gasteiger partial charge in [0.2, 0.25) is 11.8 Å². The fourth-order valence-electron chi connectivity index (χ4n) is 2.32. The maximum absolute atomic E-state index is 13.8. The van der Waals surface area contributed by atoms with Gasteiger partial charge in [-0.1, -0.05) is 24.3 Å². The number of carbonyl (C=O) groups is 1. The lowest BCUT2D eigenvalue weighted by molar-refractivity contribution is -0.117. The molecule has 25 heavy (non-hydrogen) atoms. The molecule has 5 nitrogen and oxygen atoms in total. The van der Waals surface area contributed by atoms with Crippen LogP contribution in [0, 0.1) is 5.82 Å². The van der Waals surface area contributed by atoms with Gasteiger partial charge in [0.1, 0.15) is 11.6 Å². The molecule has 0 aliphatic rings. The summed E-state index contributed by atoms with van der Waals surface area (Å²) < 4.78 is 19.4. The van der Waals surface area contributed by atoms with Crippen molar-refractivity contribution in [3.8, 4) is 11.6 Å².